The van der Waals surface area contributed by atoms with Gasteiger partial charge in [0.2, 0.25) is 5.89 Å². The Bertz CT molecular complexity index is 692. The lowest BCUT2D eigenvalue weighted by Crippen LogP contribution is -2.21. The van der Waals surface area contributed by atoms with Gasteiger partial charge in [0.05, 0.1) is 20.0 Å². The van der Waals surface area contributed by atoms with Gasteiger partial charge in [-0.2, -0.15) is 0 Å². The van der Waals surface area contributed by atoms with Crippen LogP contribution in [0.1, 0.15) is 20.8 Å². The standard InChI is InChI=1S/C16H20N2O4S/c1-16(2,3)13(19)9-23-15-18-17-14(22-15)10-6-7-11(20-4)12(8-10)21-5/h6-8H,9H2,1-5H3. The molecule has 0 saturated heterocycles. The molecule has 2 rings (SSSR count). The Labute approximate surface area is 139 Å². The van der Waals surface area contributed by atoms with E-state index in [1.165, 1.54) is 11.8 Å². The van der Waals surface area contributed by atoms with Crippen molar-refractivity contribution >= 4 is 17.5 Å². The molecule has 0 amide bonds. The summed E-state index contributed by atoms with van der Waals surface area (Å²) >= 11 is 1.24. The van der Waals surface area contributed by atoms with E-state index in [-0.39, 0.29) is 11.2 Å². The highest BCUT2D eigenvalue weighted by atomic mass is 32.2. The quantitative estimate of drug-likeness (QED) is 0.748. The monoisotopic (exact) mass is 336 g/mol. The van der Waals surface area contributed by atoms with Crippen molar-refractivity contribution in [3.8, 4) is 23.0 Å². The Morgan fingerprint density at radius 1 is 1.17 bits per heavy atom. The first-order chi connectivity index (χ1) is 10.8. The third-order valence-electron chi connectivity index (χ3n) is 3.20. The van der Waals surface area contributed by atoms with E-state index in [2.05, 4.69) is 10.2 Å². The molecular weight excluding hydrogens is 316 g/mol. The number of rotatable bonds is 6. The second-order valence-corrected chi connectivity index (χ2v) is 6.83. The average Bonchev–Trinajstić information content (AvgIpc) is 2.99. The summed E-state index contributed by atoms with van der Waals surface area (Å²) in [6.07, 6.45) is 0. The number of ketones is 1. The smallest absolute Gasteiger partial charge is 0.277 e. The number of hydrogen-bond donors (Lipinski definition) is 0. The zero-order valence-electron chi connectivity index (χ0n) is 13.9. The van der Waals surface area contributed by atoms with Crippen molar-refractivity contribution in [2.24, 2.45) is 5.41 Å². The zero-order chi connectivity index (χ0) is 17.0. The molecule has 0 aliphatic heterocycles. The highest BCUT2D eigenvalue weighted by Gasteiger charge is 2.22. The lowest BCUT2D eigenvalue weighted by atomic mass is 9.92. The highest BCUT2D eigenvalue weighted by Crippen LogP contribution is 2.32. The van der Waals surface area contributed by atoms with E-state index in [1.807, 2.05) is 26.8 Å². The normalized spacial score (nSPS) is 11.3. The first kappa shape index (κ1) is 17.3. The second kappa shape index (κ2) is 7.04. The number of ether oxygens (including phenoxy) is 2. The molecule has 0 saturated carbocycles. The molecule has 0 N–H and O–H groups in total. The SMILES string of the molecule is COc1ccc(-c2nnc(SCC(=O)C(C)(C)C)o2)cc1OC. The molecule has 0 unspecified atom stereocenters. The Morgan fingerprint density at radius 3 is 2.48 bits per heavy atom. The molecule has 124 valence electrons. The van der Waals surface area contributed by atoms with Crippen LogP contribution in [-0.2, 0) is 4.79 Å². The van der Waals surface area contributed by atoms with Gasteiger partial charge in [0.15, 0.2) is 11.5 Å². The molecule has 2 aromatic rings. The topological polar surface area (TPSA) is 74.5 Å². The summed E-state index contributed by atoms with van der Waals surface area (Å²) in [7, 11) is 3.14. The fourth-order valence-corrected chi connectivity index (χ4v) is 2.62. The van der Waals surface area contributed by atoms with Crippen molar-refractivity contribution < 1.29 is 18.7 Å². The summed E-state index contributed by atoms with van der Waals surface area (Å²) in [6.45, 7) is 5.66. The van der Waals surface area contributed by atoms with Crippen LogP contribution in [0.2, 0.25) is 0 Å². The molecule has 0 spiro atoms. The van der Waals surface area contributed by atoms with Crippen LogP contribution < -0.4 is 9.47 Å². The maximum absolute atomic E-state index is 11.9. The highest BCUT2D eigenvalue weighted by molar-refractivity contribution is 7.99. The van der Waals surface area contributed by atoms with Gasteiger partial charge in [0.1, 0.15) is 5.78 Å². The number of Topliss-reactive ketones (excluding diaryl/α,β-unsaturated/α-hetero) is 1. The first-order valence-electron chi connectivity index (χ1n) is 7.07. The molecular formula is C16H20N2O4S. The number of hydrogen-bond acceptors (Lipinski definition) is 7. The number of benzene rings is 1. The van der Waals surface area contributed by atoms with Crippen molar-refractivity contribution in [2.45, 2.75) is 26.0 Å². The largest absolute Gasteiger partial charge is 0.493 e. The predicted octanol–water partition coefficient (Wildman–Crippen LogP) is 3.46. The van der Waals surface area contributed by atoms with E-state index in [1.54, 1.807) is 26.4 Å². The van der Waals surface area contributed by atoms with Crippen molar-refractivity contribution in [1.82, 2.24) is 10.2 Å². The Morgan fingerprint density at radius 2 is 1.87 bits per heavy atom. The van der Waals surface area contributed by atoms with Crippen LogP contribution in [-0.4, -0.2) is 36.0 Å². The third-order valence-corrected chi connectivity index (χ3v) is 4.02. The van der Waals surface area contributed by atoms with E-state index in [9.17, 15) is 4.79 Å². The molecule has 1 heterocycles. The minimum absolute atomic E-state index is 0.133. The lowest BCUT2D eigenvalue weighted by Gasteiger charge is -2.14. The van der Waals surface area contributed by atoms with Gasteiger partial charge in [0.25, 0.3) is 5.22 Å². The summed E-state index contributed by atoms with van der Waals surface area (Å²) in [5, 5.41) is 8.35. The Kier molecular flexibility index (Phi) is 5.30. The molecule has 6 nitrogen and oxygen atoms in total. The average molecular weight is 336 g/mol. The van der Waals surface area contributed by atoms with Crippen molar-refractivity contribution in [1.29, 1.82) is 0 Å². The van der Waals surface area contributed by atoms with Gasteiger partial charge >= 0.3 is 0 Å². The molecule has 0 atom stereocenters. The van der Waals surface area contributed by atoms with E-state index < -0.39 is 0 Å². The van der Waals surface area contributed by atoms with Crippen LogP contribution in [0, 0.1) is 5.41 Å². The summed E-state index contributed by atoms with van der Waals surface area (Å²) in [4.78, 5) is 11.9. The maximum Gasteiger partial charge on any atom is 0.277 e. The Hall–Kier alpha value is -2.02. The van der Waals surface area contributed by atoms with Gasteiger partial charge in [-0.25, -0.2) is 0 Å². The van der Waals surface area contributed by atoms with Crippen LogP contribution in [0.25, 0.3) is 11.5 Å². The van der Waals surface area contributed by atoms with Gasteiger partial charge < -0.3 is 13.9 Å². The summed E-state index contributed by atoms with van der Waals surface area (Å²) in [6, 6.07) is 5.35. The van der Waals surface area contributed by atoms with Crippen LogP contribution in [0.3, 0.4) is 0 Å². The van der Waals surface area contributed by atoms with Gasteiger partial charge in [-0.1, -0.05) is 32.5 Å². The third kappa shape index (κ3) is 4.25. The number of nitrogens with zero attached hydrogens (tertiary/aromatic N) is 2. The molecule has 0 radical (unpaired) electrons. The molecule has 1 aromatic heterocycles. The zero-order valence-corrected chi connectivity index (χ0v) is 14.7. The minimum atomic E-state index is -0.376. The number of methoxy groups -OCH3 is 2. The van der Waals surface area contributed by atoms with Crippen molar-refractivity contribution in [3.63, 3.8) is 0 Å². The van der Waals surface area contributed by atoms with Gasteiger partial charge in [-0.3, -0.25) is 4.79 Å². The molecule has 23 heavy (non-hydrogen) atoms. The summed E-state index contributed by atoms with van der Waals surface area (Å²) in [5.74, 6) is 2.02. The van der Waals surface area contributed by atoms with E-state index >= 15 is 0 Å². The summed E-state index contributed by atoms with van der Waals surface area (Å²) < 4.78 is 16.1. The van der Waals surface area contributed by atoms with Crippen LogP contribution in [0.15, 0.2) is 27.8 Å². The molecule has 0 aliphatic carbocycles. The first-order valence-corrected chi connectivity index (χ1v) is 8.05. The Balaban J connectivity index is 2.12. The molecule has 0 aliphatic rings. The fraction of sp³-hybridized carbons (Fsp3) is 0.438. The molecule has 0 bridgehead atoms. The molecule has 7 heteroatoms. The van der Waals surface area contributed by atoms with E-state index in [4.69, 9.17) is 13.9 Å². The van der Waals surface area contributed by atoms with E-state index in [0.29, 0.717) is 28.4 Å². The lowest BCUT2D eigenvalue weighted by molar-refractivity contribution is -0.123. The van der Waals surface area contributed by atoms with Gasteiger partial charge in [-0.05, 0) is 18.2 Å². The van der Waals surface area contributed by atoms with Crippen LogP contribution >= 0.6 is 11.8 Å². The van der Waals surface area contributed by atoms with Crippen LogP contribution in [0.5, 0.6) is 11.5 Å². The number of carbonyl (C=O) groups is 1. The van der Waals surface area contributed by atoms with Crippen LogP contribution in [0.4, 0.5) is 0 Å². The second-order valence-electron chi connectivity index (χ2n) is 5.90. The van der Waals surface area contributed by atoms with Gasteiger partial charge in [-0.15, -0.1) is 10.2 Å². The number of thioether (sulfide) groups is 1. The maximum atomic E-state index is 11.9. The predicted molar refractivity (Wildman–Crippen MR) is 88.0 cm³/mol. The number of carbonyl (C=O) groups excluding carboxylic acids is 1. The van der Waals surface area contributed by atoms with Crippen molar-refractivity contribution in [3.05, 3.63) is 18.2 Å². The molecule has 0 fully saturated rings. The molecule has 1 aromatic carbocycles. The number of aromatic nitrogens is 2. The summed E-state index contributed by atoms with van der Waals surface area (Å²) in [5.41, 5.74) is 0.350. The van der Waals surface area contributed by atoms with Crippen molar-refractivity contribution in [2.75, 3.05) is 20.0 Å². The van der Waals surface area contributed by atoms with E-state index in [0.717, 1.165) is 5.56 Å². The minimum Gasteiger partial charge on any atom is -0.493 e. The van der Waals surface area contributed by atoms with Gasteiger partial charge in [0, 0.05) is 11.0 Å². The fourth-order valence-electron chi connectivity index (χ4n) is 1.70.